The SMILES string of the molecule is Cc1nc(-n2ccc3c2CCCC3=O)sc1C. The Morgan fingerprint density at radius 1 is 1.35 bits per heavy atom. The molecule has 0 amide bonds. The van der Waals surface area contributed by atoms with Gasteiger partial charge >= 0.3 is 0 Å². The Hall–Kier alpha value is -1.42. The largest absolute Gasteiger partial charge is 0.296 e. The zero-order chi connectivity index (χ0) is 12.0. The summed E-state index contributed by atoms with van der Waals surface area (Å²) in [5, 5.41) is 0.982. The number of hydrogen-bond donors (Lipinski definition) is 0. The highest BCUT2D eigenvalue weighted by atomic mass is 32.1. The van der Waals surface area contributed by atoms with E-state index < -0.39 is 0 Å². The van der Waals surface area contributed by atoms with Crippen molar-refractivity contribution in [1.29, 1.82) is 0 Å². The van der Waals surface area contributed by atoms with Gasteiger partial charge in [0.2, 0.25) is 0 Å². The zero-order valence-corrected chi connectivity index (χ0v) is 10.8. The number of aromatic nitrogens is 2. The number of aryl methyl sites for hydroxylation is 2. The van der Waals surface area contributed by atoms with Crippen molar-refractivity contribution in [3.63, 3.8) is 0 Å². The average Bonchev–Trinajstić information content (AvgIpc) is 2.85. The molecule has 1 aliphatic carbocycles. The summed E-state index contributed by atoms with van der Waals surface area (Å²) in [5.74, 6) is 0.273. The predicted molar refractivity (Wildman–Crippen MR) is 68.2 cm³/mol. The molecule has 0 N–H and O–H groups in total. The summed E-state index contributed by atoms with van der Waals surface area (Å²) < 4.78 is 2.08. The van der Waals surface area contributed by atoms with Crippen molar-refractivity contribution >= 4 is 17.1 Å². The molecule has 2 aromatic rings. The highest BCUT2D eigenvalue weighted by Gasteiger charge is 2.22. The van der Waals surface area contributed by atoms with Crippen LogP contribution in [0.15, 0.2) is 12.3 Å². The van der Waals surface area contributed by atoms with Crippen molar-refractivity contribution < 1.29 is 4.79 Å². The minimum absolute atomic E-state index is 0.273. The van der Waals surface area contributed by atoms with Crippen LogP contribution in [-0.2, 0) is 6.42 Å². The number of carbonyl (C=O) groups excluding carboxylic acids is 1. The van der Waals surface area contributed by atoms with Crippen molar-refractivity contribution in [2.45, 2.75) is 33.1 Å². The molecule has 2 aromatic heterocycles. The van der Waals surface area contributed by atoms with E-state index in [4.69, 9.17) is 0 Å². The van der Waals surface area contributed by atoms with Gasteiger partial charge in [0.05, 0.1) is 5.69 Å². The Morgan fingerprint density at radius 2 is 2.18 bits per heavy atom. The van der Waals surface area contributed by atoms with E-state index in [0.29, 0.717) is 6.42 Å². The van der Waals surface area contributed by atoms with Crippen LogP contribution in [0.25, 0.3) is 5.13 Å². The molecule has 3 rings (SSSR count). The van der Waals surface area contributed by atoms with Crippen molar-refractivity contribution in [3.05, 3.63) is 34.1 Å². The molecule has 0 atom stereocenters. The second-order valence-corrected chi connectivity index (χ2v) is 5.64. The third kappa shape index (κ3) is 1.63. The van der Waals surface area contributed by atoms with Gasteiger partial charge in [-0.25, -0.2) is 4.98 Å². The summed E-state index contributed by atoms with van der Waals surface area (Å²) in [6.45, 7) is 4.11. The molecule has 0 bridgehead atoms. The molecule has 0 spiro atoms. The number of Topliss-reactive ketones (excluding diaryl/α,β-unsaturated/α-hetero) is 1. The van der Waals surface area contributed by atoms with Gasteiger partial charge in [-0.1, -0.05) is 0 Å². The number of rotatable bonds is 1. The Labute approximate surface area is 104 Å². The molecule has 2 heterocycles. The van der Waals surface area contributed by atoms with Crippen LogP contribution in [0.4, 0.5) is 0 Å². The predicted octanol–water partition coefficient (Wildman–Crippen LogP) is 3.07. The van der Waals surface area contributed by atoms with Crippen LogP contribution in [0.1, 0.15) is 39.5 Å². The highest BCUT2D eigenvalue weighted by Crippen LogP contribution is 2.28. The van der Waals surface area contributed by atoms with Gasteiger partial charge in [-0.15, -0.1) is 11.3 Å². The van der Waals surface area contributed by atoms with Crippen LogP contribution < -0.4 is 0 Å². The van der Waals surface area contributed by atoms with E-state index in [1.165, 1.54) is 4.88 Å². The van der Waals surface area contributed by atoms with Crippen LogP contribution in [0.2, 0.25) is 0 Å². The number of nitrogens with zero attached hydrogens (tertiary/aromatic N) is 2. The fourth-order valence-electron chi connectivity index (χ4n) is 2.26. The zero-order valence-electron chi connectivity index (χ0n) is 9.99. The van der Waals surface area contributed by atoms with Gasteiger partial charge in [0.25, 0.3) is 0 Å². The first-order valence-corrected chi connectivity index (χ1v) is 6.66. The maximum atomic E-state index is 11.8. The molecular formula is C13H14N2OS. The van der Waals surface area contributed by atoms with Crippen LogP contribution >= 0.6 is 11.3 Å². The molecule has 88 valence electrons. The third-order valence-corrected chi connectivity index (χ3v) is 4.41. The monoisotopic (exact) mass is 246 g/mol. The van der Waals surface area contributed by atoms with Crippen LogP contribution in [0.5, 0.6) is 0 Å². The van der Waals surface area contributed by atoms with Gasteiger partial charge in [0, 0.05) is 28.8 Å². The molecule has 0 saturated carbocycles. The van der Waals surface area contributed by atoms with Crippen LogP contribution in [-0.4, -0.2) is 15.3 Å². The first kappa shape index (κ1) is 10.7. The normalized spacial score (nSPS) is 15.1. The van der Waals surface area contributed by atoms with E-state index in [2.05, 4.69) is 16.5 Å². The quantitative estimate of drug-likeness (QED) is 0.775. The molecule has 0 aromatic carbocycles. The van der Waals surface area contributed by atoms with E-state index in [1.807, 2.05) is 19.2 Å². The summed E-state index contributed by atoms with van der Waals surface area (Å²) in [6.07, 6.45) is 4.60. The average molecular weight is 246 g/mol. The summed E-state index contributed by atoms with van der Waals surface area (Å²) in [6, 6.07) is 1.93. The number of carbonyl (C=O) groups is 1. The standard InChI is InChI=1S/C13H14N2OS/c1-8-9(2)17-13(14-8)15-7-6-10-11(15)4-3-5-12(10)16/h6-7H,3-5H2,1-2H3. The molecule has 0 radical (unpaired) electrons. The molecule has 17 heavy (non-hydrogen) atoms. The van der Waals surface area contributed by atoms with Crippen molar-refractivity contribution in [2.24, 2.45) is 0 Å². The number of ketones is 1. The van der Waals surface area contributed by atoms with Gasteiger partial charge in [0.15, 0.2) is 10.9 Å². The minimum atomic E-state index is 0.273. The van der Waals surface area contributed by atoms with Gasteiger partial charge < -0.3 is 0 Å². The van der Waals surface area contributed by atoms with E-state index in [9.17, 15) is 4.79 Å². The Kier molecular flexibility index (Phi) is 2.40. The van der Waals surface area contributed by atoms with E-state index in [0.717, 1.165) is 34.9 Å². The first-order chi connectivity index (χ1) is 8.16. The Bertz CT molecular complexity index is 575. The van der Waals surface area contributed by atoms with Gasteiger partial charge in [0.1, 0.15) is 0 Å². The fourth-order valence-corrected chi connectivity index (χ4v) is 3.18. The third-order valence-electron chi connectivity index (χ3n) is 3.33. The molecule has 0 fully saturated rings. The maximum absolute atomic E-state index is 11.8. The minimum Gasteiger partial charge on any atom is -0.296 e. The molecule has 0 saturated heterocycles. The lowest BCUT2D eigenvalue weighted by atomic mass is 9.97. The summed E-state index contributed by atoms with van der Waals surface area (Å²) in [5.41, 5.74) is 3.10. The molecular weight excluding hydrogens is 232 g/mol. The number of hydrogen-bond acceptors (Lipinski definition) is 3. The second-order valence-electron chi connectivity index (χ2n) is 4.46. The molecule has 0 aliphatic heterocycles. The molecule has 4 heteroatoms. The van der Waals surface area contributed by atoms with E-state index >= 15 is 0 Å². The number of fused-ring (bicyclic) bond motifs is 1. The lowest BCUT2D eigenvalue weighted by Crippen LogP contribution is -2.12. The summed E-state index contributed by atoms with van der Waals surface area (Å²) in [7, 11) is 0. The lowest BCUT2D eigenvalue weighted by molar-refractivity contribution is 0.0972. The van der Waals surface area contributed by atoms with Crippen LogP contribution in [0.3, 0.4) is 0 Å². The smallest absolute Gasteiger partial charge is 0.194 e. The van der Waals surface area contributed by atoms with Crippen molar-refractivity contribution in [1.82, 2.24) is 9.55 Å². The second kappa shape index (κ2) is 3.81. The Morgan fingerprint density at radius 3 is 2.88 bits per heavy atom. The van der Waals surface area contributed by atoms with Crippen molar-refractivity contribution in [3.8, 4) is 5.13 Å². The van der Waals surface area contributed by atoms with Gasteiger partial charge in [-0.3, -0.25) is 9.36 Å². The topological polar surface area (TPSA) is 34.9 Å². The van der Waals surface area contributed by atoms with E-state index in [1.54, 1.807) is 11.3 Å². The number of thiazole rings is 1. The maximum Gasteiger partial charge on any atom is 0.194 e. The Balaban J connectivity index is 2.13. The fraction of sp³-hybridized carbons (Fsp3) is 0.385. The summed E-state index contributed by atoms with van der Waals surface area (Å²) >= 11 is 1.69. The van der Waals surface area contributed by atoms with Gasteiger partial charge in [-0.05, 0) is 32.8 Å². The van der Waals surface area contributed by atoms with E-state index in [-0.39, 0.29) is 5.78 Å². The molecule has 3 nitrogen and oxygen atoms in total. The van der Waals surface area contributed by atoms with Crippen LogP contribution in [0, 0.1) is 13.8 Å². The molecule has 1 aliphatic rings. The lowest BCUT2D eigenvalue weighted by Gasteiger charge is -2.12. The van der Waals surface area contributed by atoms with Crippen molar-refractivity contribution in [2.75, 3.05) is 0 Å². The first-order valence-electron chi connectivity index (χ1n) is 5.84. The van der Waals surface area contributed by atoms with Gasteiger partial charge in [-0.2, -0.15) is 0 Å². The summed E-state index contributed by atoms with van der Waals surface area (Å²) in [4.78, 5) is 17.6. The highest BCUT2D eigenvalue weighted by molar-refractivity contribution is 7.14. The molecule has 0 unspecified atom stereocenters.